The Morgan fingerprint density at radius 3 is 2.64 bits per heavy atom. The first-order chi connectivity index (χ1) is 10.6. The Morgan fingerprint density at radius 2 is 1.86 bits per heavy atom. The number of benzene rings is 2. The van der Waals surface area contributed by atoms with E-state index in [4.69, 9.17) is 4.74 Å². The molecule has 0 atom stereocenters. The van der Waals surface area contributed by atoms with E-state index in [9.17, 15) is 4.79 Å². The zero-order valence-corrected chi connectivity index (χ0v) is 13.1. The van der Waals surface area contributed by atoms with Gasteiger partial charge in [0.1, 0.15) is 5.75 Å². The summed E-state index contributed by atoms with van der Waals surface area (Å²) in [7, 11) is 0. The first-order valence-corrected chi connectivity index (χ1v) is 7.73. The Hall–Kier alpha value is -2.29. The lowest BCUT2D eigenvalue weighted by molar-refractivity contribution is -0.119. The van der Waals surface area contributed by atoms with Gasteiger partial charge in [-0.3, -0.25) is 4.79 Å². The van der Waals surface area contributed by atoms with Crippen LogP contribution in [0.5, 0.6) is 5.75 Å². The highest BCUT2D eigenvalue weighted by atomic mass is 16.5. The molecule has 0 spiro atoms. The predicted octanol–water partition coefficient (Wildman–Crippen LogP) is 3.66. The lowest BCUT2D eigenvalue weighted by atomic mass is 10.1. The Labute approximate surface area is 131 Å². The Balaban J connectivity index is 1.57. The summed E-state index contributed by atoms with van der Waals surface area (Å²) in [6.45, 7) is 5.29. The van der Waals surface area contributed by atoms with Gasteiger partial charge in [0.15, 0.2) is 0 Å². The summed E-state index contributed by atoms with van der Waals surface area (Å²) in [6, 6.07) is 14.2. The minimum absolute atomic E-state index is 0.134. The van der Waals surface area contributed by atoms with Crippen molar-refractivity contribution in [3.05, 3.63) is 59.2 Å². The quantitative estimate of drug-likeness (QED) is 0.861. The number of para-hydroxylation sites is 1. The van der Waals surface area contributed by atoms with Gasteiger partial charge in [-0.1, -0.05) is 24.3 Å². The number of nitrogens with zero attached hydrogens (tertiary/aromatic N) is 1. The van der Waals surface area contributed by atoms with E-state index < -0.39 is 0 Å². The Morgan fingerprint density at radius 1 is 1.14 bits per heavy atom. The molecule has 22 heavy (non-hydrogen) atoms. The van der Waals surface area contributed by atoms with Gasteiger partial charge in [-0.05, 0) is 55.2 Å². The molecule has 2 aromatic carbocycles. The van der Waals surface area contributed by atoms with Crippen molar-refractivity contribution in [2.24, 2.45) is 0 Å². The van der Waals surface area contributed by atoms with E-state index in [-0.39, 0.29) is 5.91 Å². The zero-order chi connectivity index (χ0) is 15.5. The lowest BCUT2D eigenvalue weighted by Crippen LogP contribution is -2.30. The van der Waals surface area contributed by atoms with E-state index in [2.05, 4.69) is 12.1 Å². The number of hydrogen-bond donors (Lipinski definition) is 0. The first kappa shape index (κ1) is 14.6. The Bertz CT molecular complexity index is 673. The largest absolute Gasteiger partial charge is 0.493 e. The van der Waals surface area contributed by atoms with Crippen LogP contribution in [0.15, 0.2) is 42.5 Å². The van der Waals surface area contributed by atoms with Crippen LogP contribution in [0.25, 0.3) is 0 Å². The monoisotopic (exact) mass is 295 g/mol. The van der Waals surface area contributed by atoms with Crippen molar-refractivity contribution in [3.63, 3.8) is 0 Å². The zero-order valence-electron chi connectivity index (χ0n) is 13.1. The highest BCUT2D eigenvalue weighted by Gasteiger charge is 2.23. The second-order valence-corrected chi connectivity index (χ2v) is 5.85. The van der Waals surface area contributed by atoms with Gasteiger partial charge in [0, 0.05) is 12.2 Å². The molecule has 0 bridgehead atoms. The molecule has 0 saturated carbocycles. The van der Waals surface area contributed by atoms with Crippen molar-refractivity contribution in [2.75, 3.05) is 18.1 Å². The molecule has 114 valence electrons. The molecule has 0 aromatic heterocycles. The minimum Gasteiger partial charge on any atom is -0.493 e. The average Bonchev–Trinajstić information content (AvgIpc) is 2.90. The normalized spacial score (nSPS) is 13.1. The fourth-order valence-electron chi connectivity index (χ4n) is 3.00. The minimum atomic E-state index is 0.134. The maximum atomic E-state index is 12.4. The van der Waals surface area contributed by atoms with Crippen LogP contribution in [0.1, 0.15) is 23.1 Å². The molecule has 0 saturated heterocycles. The summed E-state index contributed by atoms with van der Waals surface area (Å²) in [5.41, 5.74) is 4.66. The topological polar surface area (TPSA) is 29.5 Å². The second-order valence-electron chi connectivity index (χ2n) is 5.85. The van der Waals surface area contributed by atoms with Gasteiger partial charge in [-0.25, -0.2) is 0 Å². The smallest absolute Gasteiger partial charge is 0.230 e. The van der Waals surface area contributed by atoms with Crippen LogP contribution in [0.4, 0.5) is 5.69 Å². The van der Waals surface area contributed by atoms with Gasteiger partial charge in [0.2, 0.25) is 5.91 Å². The summed E-state index contributed by atoms with van der Waals surface area (Å²) in [5, 5.41) is 0. The molecule has 0 N–H and O–H groups in total. The van der Waals surface area contributed by atoms with Crippen LogP contribution in [0.3, 0.4) is 0 Å². The number of ether oxygens (including phenoxy) is 1. The molecule has 2 aromatic rings. The number of aryl methyl sites for hydroxylation is 2. The van der Waals surface area contributed by atoms with Gasteiger partial charge in [-0.2, -0.15) is 0 Å². The molecule has 1 aliphatic rings. The van der Waals surface area contributed by atoms with E-state index in [0.717, 1.165) is 24.4 Å². The summed E-state index contributed by atoms with van der Waals surface area (Å²) < 4.78 is 5.74. The summed E-state index contributed by atoms with van der Waals surface area (Å²) >= 11 is 0. The highest BCUT2D eigenvalue weighted by Crippen LogP contribution is 2.27. The summed E-state index contributed by atoms with van der Waals surface area (Å²) in [5.74, 6) is 0.974. The number of amides is 1. The standard InChI is InChI=1S/C19H21NO2/c1-14-11-15(2)13-17(12-14)22-10-8-19(21)20-9-7-16-5-3-4-6-18(16)20/h3-6,11-13H,7-10H2,1-2H3. The molecule has 0 aliphatic carbocycles. The number of anilines is 1. The third-order valence-corrected chi connectivity index (χ3v) is 3.97. The van der Waals surface area contributed by atoms with Crippen molar-refractivity contribution in [2.45, 2.75) is 26.7 Å². The van der Waals surface area contributed by atoms with E-state index in [0.29, 0.717) is 13.0 Å². The number of carbonyl (C=O) groups is 1. The van der Waals surface area contributed by atoms with Gasteiger partial charge < -0.3 is 9.64 Å². The number of rotatable bonds is 4. The molecule has 0 unspecified atom stereocenters. The van der Waals surface area contributed by atoms with E-state index in [1.807, 2.05) is 49.1 Å². The average molecular weight is 295 g/mol. The molecule has 3 rings (SSSR count). The van der Waals surface area contributed by atoms with E-state index in [1.165, 1.54) is 16.7 Å². The third-order valence-electron chi connectivity index (χ3n) is 3.97. The van der Waals surface area contributed by atoms with Gasteiger partial charge in [0.25, 0.3) is 0 Å². The van der Waals surface area contributed by atoms with Crippen molar-refractivity contribution < 1.29 is 9.53 Å². The molecule has 1 aliphatic heterocycles. The Kier molecular flexibility index (Phi) is 4.14. The van der Waals surface area contributed by atoms with Gasteiger partial charge in [0.05, 0.1) is 13.0 Å². The summed E-state index contributed by atoms with van der Waals surface area (Å²) in [6.07, 6.45) is 1.35. The number of fused-ring (bicyclic) bond motifs is 1. The van der Waals surface area contributed by atoms with E-state index in [1.54, 1.807) is 0 Å². The maximum absolute atomic E-state index is 12.4. The van der Waals surface area contributed by atoms with Gasteiger partial charge in [-0.15, -0.1) is 0 Å². The molecule has 0 fully saturated rings. The second kappa shape index (κ2) is 6.22. The molecular weight excluding hydrogens is 274 g/mol. The molecular formula is C19H21NO2. The van der Waals surface area contributed by atoms with Crippen LogP contribution < -0.4 is 9.64 Å². The first-order valence-electron chi connectivity index (χ1n) is 7.73. The van der Waals surface area contributed by atoms with E-state index >= 15 is 0 Å². The predicted molar refractivity (Wildman–Crippen MR) is 88.5 cm³/mol. The van der Waals surface area contributed by atoms with Crippen LogP contribution in [-0.2, 0) is 11.2 Å². The van der Waals surface area contributed by atoms with Crippen LogP contribution in [-0.4, -0.2) is 19.1 Å². The van der Waals surface area contributed by atoms with Crippen molar-refractivity contribution >= 4 is 11.6 Å². The molecule has 0 radical (unpaired) electrons. The maximum Gasteiger partial charge on any atom is 0.230 e. The third kappa shape index (κ3) is 3.14. The van der Waals surface area contributed by atoms with Crippen molar-refractivity contribution in [1.82, 2.24) is 0 Å². The van der Waals surface area contributed by atoms with Crippen LogP contribution in [0, 0.1) is 13.8 Å². The van der Waals surface area contributed by atoms with Crippen molar-refractivity contribution in [3.8, 4) is 5.75 Å². The van der Waals surface area contributed by atoms with Crippen molar-refractivity contribution in [1.29, 1.82) is 0 Å². The molecule has 1 heterocycles. The fraction of sp³-hybridized carbons (Fsp3) is 0.316. The molecule has 1 amide bonds. The SMILES string of the molecule is Cc1cc(C)cc(OCCC(=O)N2CCc3ccccc32)c1. The molecule has 3 nitrogen and oxygen atoms in total. The number of hydrogen-bond acceptors (Lipinski definition) is 2. The lowest BCUT2D eigenvalue weighted by Gasteiger charge is -2.17. The summed E-state index contributed by atoms with van der Waals surface area (Å²) in [4.78, 5) is 14.3. The number of carbonyl (C=O) groups excluding carboxylic acids is 1. The fourth-order valence-corrected chi connectivity index (χ4v) is 3.00. The van der Waals surface area contributed by atoms with Gasteiger partial charge >= 0.3 is 0 Å². The molecule has 3 heteroatoms. The highest BCUT2D eigenvalue weighted by molar-refractivity contribution is 5.95. The van der Waals surface area contributed by atoms with Crippen LogP contribution >= 0.6 is 0 Å². The van der Waals surface area contributed by atoms with Crippen LogP contribution in [0.2, 0.25) is 0 Å².